The number of carbonyl (C=O) groups is 3. The SMILES string of the molecule is Nc1ccc2c(c1)C(=Cc1c[nH]c3ncccc13)C(=O)N2.O=C(O)C(F)(F)F.O=C(O)C(F)(F)F. The van der Waals surface area contributed by atoms with Crippen LogP contribution in [-0.4, -0.2) is 50.4 Å². The summed E-state index contributed by atoms with van der Waals surface area (Å²) in [5.74, 6) is -5.63. The van der Waals surface area contributed by atoms with Crippen molar-refractivity contribution in [2.24, 2.45) is 0 Å². The average molecular weight is 504 g/mol. The maximum atomic E-state index is 12.2. The molecule has 0 fully saturated rings. The molecule has 0 radical (unpaired) electrons. The minimum Gasteiger partial charge on any atom is -0.475 e. The van der Waals surface area contributed by atoms with Gasteiger partial charge in [0, 0.05) is 45.9 Å². The second kappa shape index (κ2) is 10.1. The Balaban J connectivity index is 0.000000257. The van der Waals surface area contributed by atoms with E-state index in [1.807, 2.05) is 36.5 Å². The van der Waals surface area contributed by atoms with Crippen molar-refractivity contribution in [1.82, 2.24) is 9.97 Å². The lowest BCUT2D eigenvalue weighted by Gasteiger charge is -2.00. The van der Waals surface area contributed by atoms with Crippen LogP contribution in [0, 0.1) is 0 Å². The Morgan fingerprint density at radius 1 is 1.00 bits per heavy atom. The maximum absolute atomic E-state index is 12.2. The van der Waals surface area contributed by atoms with Crippen LogP contribution >= 0.6 is 0 Å². The van der Waals surface area contributed by atoms with Crippen molar-refractivity contribution >= 4 is 51.9 Å². The molecule has 1 aromatic carbocycles. The number of nitrogens with two attached hydrogens (primary N) is 1. The van der Waals surface area contributed by atoms with Gasteiger partial charge in [0.1, 0.15) is 5.65 Å². The normalized spacial score (nSPS) is 13.8. The number of pyridine rings is 1. The highest BCUT2D eigenvalue weighted by atomic mass is 19.4. The lowest BCUT2D eigenvalue weighted by molar-refractivity contribution is -0.193. The molecule has 9 nitrogen and oxygen atoms in total. The van der Waals surface area contributed by atoms with Crippen LogP contribution in [0.25, 0.3) is 22.7 Å². The number of aliphatic carboxylic acids is 2. The summed E-state index contributed by atoms with van der Waals surface area (Å²) in [6.45, 7) is 0. The summed E-state index contributed by atoms with van der Waals surface area (Å²) in [4.78, 5) is 37.3. The molecule has 1 aliphatic heterocycles. The monoisotopic (exact) mass is 504 g/mol. The molecule has 3 heterocycles. The Morgan fingerprint density at radius 2 is 1.57 bits per heavy atom. The Morgan fingerprint density at radius 3 is 2.11 bits per heavy atom. The fourth-order valence-corrected chi connectivity index (χ4v) is 2.60. The van der Waals surface area contributed by atoms with Gasteiger partial charge >= 0.3 is 24.3 Å². The fourth-order valence-electron chi connectivity index (χ4n) is 2.60. The van der Waals surface area contributed by atoms with Gasteiger partial charge in [0.15, 0.2) is 0 Å². The van der Waals surface area contributed by atoms with Gasteiger partial charge in [-0.05, 0) is 36.4 Å². The first-order valence-corrected chi connectivity index (χ1v) is 9.06. The number of nitrogens with one attached hydrogen (secondary N) is 2. The van der Waals surface area contributed by atoms with Crippen LogP contribution in [0.1, 0.15) is 11.1 Å². The molecule has 0 spiro atoms. The predicted octanol–water partition coefficient (Wildman–Crippen LogP) is 3.90. The summed E-state index contributed by atoms with van der Waals surface area (Å²) in [6, 6.07) is 9.25. The molecule has 3 aromatic rings. The van der Waals surface area contributed by atoms with Crippen LogP contribution < -0.4 is 11.1 Å². The number of carboxylic acids is 2. The van der Waals surface area contributed by atoms with Gasteiger partial charge in [-0.25, -0.2) is 14.6 Å². The fraction of sp³-hybridized carbons (Fsp3) is 0.100. The first-order chi connectivity index (χ1) is 16.1. The number of benzene rings is 1. The van der Waals surface area contributed by atoms with E-state index in [0.717, 1.165) is 27.8 Å². The van der Waals surface area contributed by atoms with Gasteiger partial charge in [-0.3, -0.25) is 4.79 Å². The van der Waals surface area contributed by atoms with Crippen molar-refractivity contribution in [2.45, 2.75) is 12.4 Å². The smallest absolute Gasteiger partial charge is 0.475 e. The summed E-state index contributed by atoms with van der Waals surface area (Å²) in [7, 11) is 0. The zero-order valence-corrected chi connectivity index (χ0v) is 17.0. The van der Waals surface area contributed by atoms with Gasteiger partial charge in [0.05, 0.1) is 0 Å². The number of nitrogen functional groups attached to an aromatic ring is 1. The molecule has 0 aliphatic carbocycles. The predicted molar refractivity (Wildman–Crippen MR) is 111 cm³/mol. The van der Waals surface area contributed by atoms with Crippen molar-refractivity contribution in [1.29, 1.82) is 0 Å². The van der Waals surface area contributed by atoms with Crippen LogP contribution in [0.3, 0.4) is 0 Å². The van der Waals surface area contributed by atoms with E-state index < -0.39 is 24.3 Å². The third-order valence-electron chi connectivity index (χ3n) is 4.09. The Hall–Kier alpha value is -4.56. The summed E-state index contributed by atoms with van der Waals surface area (Å²) in [5.41, 5.74) is 10.4. The third kappa shape index (κ3) is 6.96. The van der Waals surface area contributed by atoms with Crippen molar-refractivity contribution < 1.29 is 50.9 Å². The first-order valence-electron chi connectivity index (χ1n) is 9.06. The summed E-state index contributed by atoms with van der Waals surface area (Å²) >= 11 is 0. The topological polar surface area (TPSA) is 158 Å². The zero-order valence-electron chi connectivity index (χ0n) is 17.0. The molecule has 0 saturated heterocycles. The van der Waals surface area contributed by atoms with Gasteiger partial charge in [0.25, 0.3) is 5.91 Å². The van der Waals surface area contributed by atoms with Crippen LogP contribution in [0.2, 0.25) is 0 Å². The Bertz CT molecular complexity index is 1270. The number of aromatic amines is 1. The number of aromatic nitrogens is 2. The molecule has 1 amide bonds. The molecule has 6 N–H and O–H groups in total. The Kier molecular flexibility index (Phi) is 7.74. The minimum absolute atomic E-state index is 0.117. The molecule has 2 aromatic heterocycles. The number of halogens is 6. The number of alkyl halides is 6. The van der Waals surface area contributed by atoms with E-state index >= 15 is 0 Å². The van der Waals surface area contributed by atoms with E-state index in [0.29, 0.717) is 11.3 Å². The summed E-state index contributed by atoms with van der Waals surface area (Å²) in [6.07, 6.45) is -4.72. The van der Waals surface area contributed by atoms with Gasteiger partial charge in [-0.2, -0.15) is 26.3 Å². The van der Waals surface area contributed by atoms with E-state index in [1.54, 1.807) is 12.3 Å². The van der Waals surface area contributed by atoms with Crippen molar-refractivity contribution in [3.05, 3.63) is 53.9 Å². The van der Waals surface area contributed by atoms with Gasteiger partial charge < -0.3 is 26.2 Å². The molecule has 0 unspecified atom stereocenters. The van der Waals surface area contributed by atoms with Gasteiger partial charge in [0.2, 0.25) is 0 Å². The van der Waals surface area contributed by atoms with E-state index in [2.05, 4.69) is 15.3 Å². The lowest BCUT2D eigenvalue weighted by atomic mass is 10.0. The molecule has 0 bridgehead atoms. The van der Waals surface area contributed by atoms with E-state index in [1.165, 1.54) is 0 Å². The van der Waals surface area contributed by atoms with E-state index in [4.69, 9.17) is 25.5 Å². The standard InChI is InChI=1S/C16H12N4O.2C2HF3O2/c17-10-3-4-14-12(7-10)13(16(21)20-14)6-9-8-19-15-11(9)2-1-5-18-15;2*3-2(4,5)1(6)7/h1-8H,17H2,(H,18,19)(H,20,21);2*(H,6,7). The third-order valence-corrected chi connectivity index (χ3v) is 4.09. The minimum atomic E-state index is -5.08. The number of hydrogen-bond donors (Lipinski definition) is 5. The molecule has 186 valence electrons. The molecule has 35 heavy (non-hydrogen) atoms. The Labute approximate surface area is 190 Å². The number of amides is 1. The van der Waals surface area contributed by atoms with Crippen molar-refractivity contribution in [3.8, 4) is 0 Å². The number of anilines is 2. The lowest BCUT2D eigenvalue weighted by Crippen LogP contribution is -2.21. The summed E-state index contributed by atoms with van der Waals surface area (Å²) < 4.78 is 63.5. The second-order valence-corrected chi connectivity index (χ2v) is 6.57. The molecule has 0 atom stereocenters. The highest BCUT2D eigenvalue weighted by molar-refractivity contribution is 6.35. The zero-order chi connectivity index (χ0) is 26.6. The van der Waals surface area contributed by atoms with Crippen LogP contribution in [0.15, 0.2) is 42.7 Å². The number of H-pyrrole nitrogens is 1. The number of nitrogens with zero attached hydrogens (tertiary/aromatic N) is 1. The van der Waals surface area contributed by atoms with Crippen molar-refractivity contribution in [2.75, 3.05) is 11.1 Å². The molecular weight excluding hydrogens is 490 g/mol. The number of hydrogen-bond acceptors (Lipinski definition) is 5. The largest absolute Gasteiger partial charge is 0.490 e. The van der Waals surface area contributed by atoms with Crippen LogP contribution in [0.5, 0.6) is 0 Å². The van der Waals surface area contributed by atoms with Crippen LogP contribution in [0.4, 0.5) is 37.7 Å². The molecule has 0 saturated carbocycles. The summed E-state index contributed by atoms with van der Waals surface area (Å²) in [5, 5.41) is 18.1. The molecule has 15 heteroatoms. The first kappa shape index (κ1) is 26.7. The number of carbonyl (C=O) groups excluding carboxylic acids is 1. The molecule has 1 aliphatic rings. The van der Waals surface area contributed by atoms with E-state index in [-0.39, 0.29) is 5.91 Å². The molecule has 4 rings (SSSR count). The molecular formula is C20H14F6N4O5. The number of fused-ring (bicyclic) bond motifs is 2. The van der Waals surface area contributed by atoms with Gasteiger partial charge in [-0.1, -0.05) is 0 Å². The maximum Gasteiger partial charge on any atom is 0.490 e. The number of rotatable bonds is 1. The quantitative estimate of drug-likeness (QED) is 0.191. The average Bonchev–Trinajstić information content (AvgIpc) is 3.29. The van der Waals surface area contributed by atoms with Crippen molar-refractivity contribution in [3.63, 3.8) is 0 Å². The second-order valence-electron chi connectivity index (χ2n) is 6.57. The van der Waals surface area contributed by atoms with Gasteiger partial charge in [-0.15, -0.1) is 0 Å². The highest BCUT2D eigenvalue weighted by Crippen LogP contribution is 2.35. The number of carboxylic acid groups (broad SMARTS) is 2. The van der Waals surface area contributed by atoms with E-state index in [9.17, 15) is 31.1 Å². The van der Waals surface area contributed by atoms with Crippen LogP contribution in [-0.2, 0) is 14.4 Å². The highest BCUT2D eigenvalue weighted by Gasteiger charge is 2.38.